The number of aliphatic hydroxyl groups excluding tert-OH is 1. The van der Waals surface area contributed by atoms with Gasteiger partial charge in [-0.1, -0.05) is 23.9 Å². The Labute approximate surface area is 529 Å². The van der Waals surface area contributed by atoms with Crippen molar-refractivity contribution < 1.29 is 66.5 Å². The predicted molar refractivity (Wildman–Crippen MR) is 345 cm³/mol. The van der Waals surface area contributed by atoms with Gasteiger partial charge in [0.1, 0.15) is 63.8 Å². The quantitative estimate of drug-likeness (QED) is 0.0159. The van der Waals surface area contributed by atoms with Gasteiger partial charge >= 0.3 is 0 Å². The molecule has 3 aromatic heterocycles. The summed E-state index contributed by atoms with van der Waals surface area (Å²) < 4.78 is 155. The predicted octanol–water partition coefficient (Wildman–Crippen LogP) is 12.1. The molecule has 6 aromatic carbocycles. The molecule has 0 saturated heterocycles. The molecule has 90 heavy (non-hydrogen) atoms. The lowest BCUT2D eigenvalue weighted by Crippen LogP contribution is -2.22. The Morgan fingerprint density at radius 2 is 0.900 bits per heavy atom. The van der Waals surface area contributed by atoms with Crippen LogP contribution < -0.4 is 29.9 Å². The number of hydrogen-bond acceptors (Lipinski definition) is 27. The van der Waals surface area contributed by atoms with Crippen LogP contribution in [0.15, 0.2) is 130 Å². The number of aryl methyl sites for hydroxylation is 2. The number of nitrogens with one attached hydrogen (secondary N) is 2. The van der Waals surface area contributed by atoms with Crippen molar-refractivity contribution in [1.29, 1.82) is 0 Å². The third-order valence-electron chi connectivity index (χ3n) is 13.7. The van der Waals surface area contributed by atoms with Gasteiger partial charge < -0.3 is 35.0 Å². The maximum atomic E-state index is 13.1. The first-order chi connectivity index (χ1) is 42.6. The monoisotopic (exact) mass is 1360 g/mol. The average Bonchev–Trinajstić information content (AvgIpc) is 1.94. The summed E-state index contributed by atoms with van der Waals surface area (Å²) in [5.74, 6) is 0.621. The molecule has 7 N–H and O–H groups in total. The Hall–Kier alpha value is -7.94. The van der Waals surface area contributed by atoms with Gasteiger partial charge in [-0.3, -0.25) is 18.2 Å². The fourth-order valence-corrected chi connectivity index (χ4v) is 15.9. The lowest BCUT2D eigenvalue weighted by molar-refractivity contribution is 0.322. The molecule has 28 nitrogen and oxygen atoms in total. The van der Waals surface area contributed by atoms with Crippen molar-refractivity contribution in [1.82, 2.24) is 24.9 Å². The number of thioether (sulfide) groups is 1. The van der Waals surface area contributed by atoms with E-state index in [-0.39, 0.29) is 126 Å². The topological polar surface area (TPSA) is 401 Å². The van der Waals surface area contributed by atoms with Crippen molar-refractivity contribution in [3.63, 3.8) is 0 Å². The third kappa shape index (κ3) is 14.5. The maximum absolute atomic E-state index is 13.1. The van der Waals surface area contributed by atoms with E-state index in [4.69, 9.17) is 14.5 Å². The molecule has 9 rings (SSSR count). The Morgan fingerprint density at radius 3 is 1.24 bits per heavy atom. The SMILES string of the molecule is CCN(CC)c1cc(Nc2nc(Nc3cc(N(CC)CC)c(OC)cc3/N=N/c3ccc(-c4nc5ccc(C)c(S(=O)(=O)O)c5s4)cc3S(=O)(=O)O)nc(SCCO)n2)c(/N=N/c2ccc(-c3nc4ccc(C)c(S(=O)(=O)O)c4s3)cc2S(=O)(=O)O)cc1OC. The van der Waals surface area contributed by atoms with E-state index in [1.54, 1.807) is 24.3 Å². The van der Waals surface area contributed by atoms with Crippen LogP contribution in [0.2, 0.25) is 0 Å². The van der Waals surface area contributed by atoms with Crippen LogP contribution in [0.4, 0.5) is 57.4 Å². The van der Waals surface area contributed by atoms with Crippen molar-refractivity contribution in [2.24, 2.45) is 20.5 Å². The Bertz CT molecular complexity index is 4520. The number of aliphatic hydroxyl groups is 1. The molecule has 0 aliphatic rings. The molecule has 0 fully saturated rings. The van der Waals surface area contributed by atoms with Crippen LogP contribution in [-0.2, 0) is 40.5 Å². The number of aromatic nitrogens is 5. The first kappa shape index (κ1) is 66.5. The summed E-state index contributed by atoms with van der Waals surface area (Å²) in [6.07, 6.45) is 0. The third-order valence-corrected chi connectivity index (χ3v) is 20.9. The number of rotatable bonds is 25. The van der Waals surface area contributed by atoms with E-state index in [9.17, 15) is 57.0 Å². The average molecular weight is 1360 g/mol. The molecule has 474 valence electrons. The van der Waals surface area contributed by atoms with Crippen LogP contribution in [-0.4, -0.2) is 135 Å². The summed E-state index contributed by atoms with van der Waals surface area (Å²) in [5, 5.41) is 34.3. The first-order valence-electron chi connectivity index (χ1n) is 26.9. The van der Waals surface area contributed by atoms with Gasteiger partial charge in [-0.05, 0) is 113 Å². The number of fused-ring (bicyclic) bond motifs is 2. The Kier molecular flexibility index (Phi) is 19.8. The minimum absolute atomic E-state index is 0.0485. The summed E-state index contributed by atoms with van der Waals surface area (Å²) in [7, 11) is -16.5. The number of hydrogen-bond donors (Lipinski definition) is 7. The fourth-order valence-electron chi connectivity index (χ4n) is 9.45. The van der Waals surface area contributed by atoms with Gasteiger partial charge in [-0.2, -0.15) is 48.6 Å². The summed E-state index contributed by atoms with van der Waals surface area (Å²) in [6, 6.07) is 20.1. The number of thiazole rings is 2. The second-order valence-electron chi connectivity index (χ2n) is 19.3. The first-order valence-corrected chi connectivity index (χ1v) is 35.3. The van der Waals surface area contributed by atoms with Gasteiger partial charge in [-0.15, -0.1) is 43.1 Å². The van der Waals surface area contributed by atoms with E-state index < -0.39 is 50.3 Å². The minimum atomic E-state index is -5.03. The highest BCUT2D eigenvalue weighted by Gasteiger charge is 2.27. The van der Waals surface area contributed by atoms with Crippen LogP contribution in [0.5, 0.6) is 11.5 Å². The van der Waals surface area contributed by atoms with Crippen molar-refractivity contribution in [3.05, 3.63) is 96.1 Å². The zero-order valence-corrected chi connectivity index (χ0v) is 54.6. The molecule has 0 unspecified atom stereocenters. The van der Waals surface area contributed by atoms with Gasteiger partial charge in [0, 0.05) is 55.2 Å². The van der Waals surface area contributed by atoms with Gasteiger partial charge in [-0.25, -0.2) is 9.97 Å². The summed E-state index contributed by atoms with van der Waals surface area (Å²) in [6.45, 7) is 12.6. The lowest BCUT2D eigenvalue weighted by Gasteiger charge is -2.25. The fraction of sp³-hybridized carbons (Fsp3) is 0.255. The van der Waals surface area contributed by atoms with Crippen molar-refractivity contribution in [2.45, 2.75) is 66.3 Å². The number of nitrogens with zero attached hydrogens (tertiary/aromatic N) is 11. The highest BCUT2D eigenvalue weighted by molar-refractivity contribution is 7.99. The summed E-state index contributed by atoms with van der Waals surface area (Å²) >= 11 is 2.84. The van der Waals surface area contributed by atoms with Crippen LogP contribution >= 0.6 is 34.4 Å². The Morgan fingerprint density at radius 1 is 0.511 bits per heavy atom. The molecule has 0 atom stereocenters. The largest absolute Gasteiger partial charge is 0.494 e. The van der Waals surface area contributed by atoms with Gasteiger partial charge in [0.15, 0.2) is 5.16 Å². The van der Waals surface area contributed by atoms with Crippen LogP contribution in [0.1, 0.15) is 38.8 Å². The van der Waals surface area contributed by atoms with Gasteiger partial charge in [0.2, 0.25) is 11.9 Å². The van der Waals surface area contributed by atoms with Gasteiger partial charge in [0.25, 0.3) is 40.5 Å². The summed E-state index contributed by atoms with van der Waals surface area (Å²) in [5.41, 5.74) is 2.32. The van der Waals surface area contributed by atoms with Crippen molar-refractivity contribution in [2.75, 3.05) is 73.2 Å². The van der Waals surface area contributed by atoms with Crippen LogP contribution in [0.25, 0.3) is 41.6 Å². The molecule has 9 aromatic rings. The maximum Gasteiger partial charge on any atom is 0.296 e. The minimum Gasteiger partial charge on any atom is -0.494 e. The smallest absolute Gasteiger partial charge is 0.296 e. The molecule has 0 saturated carbocycles. The van der Waals surface area contributed by atoms with Crippen LogP contribution in [0, 0.1) is 13.8 Å². The van der Waals surface area contributed by atoms with E-state index >= 15 is 0 Å². The standard InChI is InChI=1S/C55H57N13O15S7/c1-9-67(10-2)41-25-37(39(27-43(41)82-7)65-63-33-19-15-31(23-45(33)87(70,71)72)51-56-35-17-13-29(5)49(47(35)85-51)89(76,77)78)58-53-60-54(62-55(61-53)84-22-21-69)59-38-26-42(68(11-3)12-4)44(83-8)28-40(38)66-64-34-20-16-32(24-46(34)88(73,74)75)52-57-36-18-14-30(6)50(48(36)86-52)90(79,80)81/h13-20,23-28,69H,9-12,21-22H2,1-8H3,(H,70,71,72)(H,73,74,75)(H,76,77,78)(H,79,80,81)(H2,58,59,60,61,62)/b65-63+,66-64+. The van der Waals surface area contributed by atoms with E-state index in [0.29, 0.717) is 49.1 Å². The van der Waals surface area contributed by atoms with Crippen molar-refractivity contribution in [3.8, 4) is 32.6 Å². The van der Waals surface area contributed by atoms with Crippen molar-refractivity contribution >= 4 is 153 Å². The number of methoxy groups -OCH3 is 2. The lowest BCUT2D eigenvalue weighted by atomic mass is 10.2. The molecule has 0 amide bonds. The highest BCUT2D eigenvalue weighted by Crippen LogP contribution is 2.45. The van der Waals surface area contributed by atoms with E-state index in [1.165, 1.54) is 76.6 Å². The molecule has 0 aliphatic carbocycles. The molecular weight excluding hydrogens is 1310 g/mol. The van der Waals surface area contributed by atoms with Crippen LogP contribution in [0.3, 0.4) is 0 Å². The molecule has 0 radical (unpaired) electrons. The zero-order chi connectivity index (χ0) is 65.2. The van der Waals surface area contributed by atoms with E-state index in [2.05, 4.69) is 51.0 Å². The summed E-state index contributed by atoms with van der Waals surface area (Å²) in [4.78, 5) is 24.9. The highest BCUT2D eigenvalue weighted by atomic mass is 32.2. The van der Waals surface area contributed by atoms with E-state index in [0.717, 1.165) is 46.6 Å². The molecular formula is C55H57N13O15S7. The molecule has 0 spiro atoms. The van der Waals surface area contributed by atoms with Gasteiger partial charge in [0.05, 0.1) is 64.0 Å². The molecule has 0 aliphatic heterocycles. The molecule has 3 heterocycles. The zero-order valence-electron chi connectivity index (χ0n) is 48.9. The number of anilines is 6. The number of azo groups is 2. The number of benzene rings is 6. The van der Waals surface area contributed by atoms with E-state index in [1.807, 2.05) is 37.5 Å². The molecule has 0 bridgehead atoms. The molecule has 35 heteroatoms. The normalized spacial score (nSPS) is 12.4. The Balaban J connectivity index is 1.13. The number of ether oxygens (including phenoxy) is 2. The second-order valence-corrected chi connectivity index (χ2v) is 27.9. The second kappa shape index (κ2) is 26.9.